The molecule has 2 atom stereocenters. The zero-order valence-corrected chi connectivity index (χ0v) is 14.1. The van der Waals surface area contributed by atoms with Crippen LogP contribution in [-0.2, 0) is 14.3 Å². The Hall–Kier alpha value is -1.10. The van der Waals surface area contributed by atoms with Gasteiger partial charge >= 0.3 is 5.97 Å². The molecule has 0 radical (unpaired) electrons. The first-order valence-corrected chi connectivity index (χ1v) is 8.60. The summed E-state index contributed by atoms with van der Waals surface area (Å²) in [6.45, 7) is 6.07. The van der Waals surface area contributed by atoms with Crippen molar-refractivity contribution < 1.29 is 19.4 Å². The van der Waals surface area contributed by atoms with E-state index >= 15 is 0 Å². The van der Waals surface area contributed by atoms with E-state index in [0.29, 0.717) is 18.8 Å². The summed E-state index contributed by atoms with van der Waals surface area (Å²) in [4.78, 5) is 23.5. The summed E-state index contributed by atoms with van der Waals surface area (Å²) in [7, 11) is 0. The number of hydrogen-bond donors (Lipinski definition) is 2. The molecule has 2 N–H and O–H groups in total. The predicted molar refractivity (Wildman–Crippen MR) is 85.6 cm³/mol. The highest BCUT2D eigenvalue weighted by molar-refractivity contribution is 5.81. The molecule has 0 bridgehead atoms. The number of carbonyl (C=O) groups excluding carboxylic acids is 1. The zero-order valence-electron chi connectivity index (χ0n) is 14.1. The van der Waals surface area contributed by atoms with Crippen LogP contribution < -0.4 is 5.32 Å². The van der Waals surface area contributed by atoms with Crippen LogP contribution in [-0.4, -0.2) is 35.7 Å². The number of carbonyl (C=O) groups is 2. The maximum Gasteiger partial charge on any atom is 0.308 e. The molecule has 0 aromatic heterocycles. The first kappa shape index (κ1) is 18.9. The molecule has 22 heavy (non-hydrogen) atoms. The van der Waals surface area contributed by atoms with Crippen molar-refractivity contribution in [1.29, 1.82) is 0 Å². The van der Waals surface area contributed by atoms with Gasteiger partial charge in [0.05, 0.1) is 12.0 Å². The average Bonchev–Trinajstić information content (AvgIpc) is 2.49. The Balaban J connectivity index is 2.44. The molecule has 0 aromatic rings. The maximum absolute atomic E-state index is 12.2. The number of carboxylic acids is 1. The molecule has 1 saturated carbocycles. The molecule has 1 rings (SSSR count). The van der Waals surface area contributed by atoms with Crippen LogP contribution in [0.3, 0.4) is 0 Å². The minimum absolute atomic E-state index is 0.176. The minimum Gasteiger partial charge on any atom is -0.481 e. The fourth-order valence-electron chi connectivity index (χ4n) is 2.96. The summed E-state index contributed by atoms with van der Waals surface area (Å²) < 4.78 is 5.92. The van der Waals surface area contributed by atoms with Gasteiger partial charge in [-0.05, 0) is 31.6 Å². The van der Waals surface area contributed by atoms with Gasteiger partial charge in [0.2, 0.25) is 5.91 Å². The van der Waals surface area contributed by atoms with Gasteiger partial charge in [-0.15, -0.1) is 0 Å². The normalized spacial score (nSPS) is 18.9. The SMILES string of the molecule is CCC(OC1CCCCC1)C(=O)NCC(CC(C)C)C(=O)O. The fraction of sp³-hybridized carbons (Fsp3) is 0.882. The van der Waals surface area contributed by atoms with E-state index in [2.05, 4.69) is 5.32 Å². The second-order valence-electron chi connectivity index (χ2n) is 6.70. The van der Waals surface area contributed by atoms with E-state index in [1.165, 1.54) is 6.42 Å². The van der Waals surface area contributed by atoms with Crippen LogP contribution in [0.25, 0.3) is 0 Å². The van der Waals surface area contributed by atoms with Crippen LogP contribution in [0.1, 0.15) is 65.7 Å². The first-order chi connectivity index (χ1) is 10.4. The molecule has 1 amide bonds. The van der Waals surface area contributed by atoms with Crippen LogP contribution >= 0.6 is 0 Å². The lowest BCUT2D eigenvalue weighted by Crippen LogP contribution is -2.42. The predicted octanol–water partition coefficient (Wildman–Crippen LogP) is 2.98. The molecule has 0 aromatic carbocycles. The molecule has 0 heterocycles. The fourth-order valence-corrected chi connectivity index (χ4v) is 2.96. The number of ether oxygens (including phenoxy) is 1. The van der Waals surface area contributed by atoms with Crippen LogP contribution in [0.5, 0.6) is 0 Å². The Morgan fingerprint density at radius 2 is 1.86 bits per heavy atom. The highest BCUT2D eigenvalue weighted by Gasteiger charge is 2.25. The molecule has 128 valence electrons. The van der Waals surface area contributed by atoms with Crippen molar-refractivity contribution >= 4 is 11.9 Å². The van der Waals surface area contributed by atoms with Crippen LogP contribution in [0.4, 0.5) is 0 Å². The van der Waals surface area contributed by atoms with E-state index in [0.717, 1.165) is 25.7 Å². The van der Waals surface area contributed by atoms with Crippen LogP contribution in [0.2, 0.25) is 0 Å². The quantitative estimate of drug-likeness (QED) is 0.686. The van der Waals surface area contributed by atoms with Crippen LogP contribution in [0.15, 0.2) is 0 Å². The molecule has 5 heteroatoms. The zero-order chi connectivity index (χ0) is 16.5. The Labute approximate surface area is 133 Å². The van der Waals surface area contributed by atoms with Crippen LogP contribution in [0, 0.1) is 11.8 Å². The topological polar surface area (TPSA) is 75.6 Å². The lowest BCUT2D eigenvalue weighted by atomic mass is 9.97. The van der Waals surface area contributed by atoms with Crippen molar-refractivity contribution in [2.24, 2.45) is 11.8 Å². The number of rotatable bonds is 9. The number of amides is 1. The van der Waals surface area contributed by atoms with Crippen molar-refractivity contribution in [3.8, 4) is 0 Å². The summed E-state index contributed by atoms with van der Waals surface area (Å²) >= 11 is 0. The largest absolute Gasteiger partial charge is 0.481 e. The highest BCUT2D eigenvalue weighted by atomic mass is 16.5. The molecule has 1 fully saturated rings. The molecular weight excluding hydrogens is 282 g/mol. The number of aliphatic carboxylic acids is 1. The Morgan fingerprint density at radius 3 is 2.36 bits per heavy atom. The van der Waals surface area contributed by atoms with E-state index in [4.69, 9.17) is 4.74 Å². The van der Waals surface area contributed by atoms with Crippen molar-refractivity contribution in [3.63, 3.8) is 0 Å². The molecule has 1 aliphatic rings. The van der Waals surface area contributed by atoms with Gasteiger partial charge in [-0.1, -0.05) is 40.0 Å². The summed E-state index contributed by atoms with van der Waals surface area (Å²) in [5.74, 6) is -1.27. The Kier molecular flexibility index (Phi) is 8.46. The second kappa shape index (κ2) is 9.82. The van der Waals surface area contributed by atoms with Gasteiger partial charge in [-0.3, -0.25) is 9.59 Å². The summed E-state index contributed by atoms with van der Waals surface area (Å²) in [6.07, 6.45) is 6.52. The second-order valence-corrected chi connectivity index (χ2v) is 6.70. The molecule has 1 aliphatic carbocycles. The van der Waals surface area contributed by atoms with Gasteiger partial charge < -0.3 is 15.2 Å². The standard InChI is InChI=1S/C17H31NO4/c1-4-15(22-14-8-6-5-7-9-14)16(19)18-11-13(17(20)21)10-12(2)3/h12-15H,4-11H2,1-3H3,(H,18,19)(H,20,21). The smallest absolute Gasteiger partial charge is 0.308 e. The van der Waals surface area contributed by atoms with Crippen molar-refractivity contribution in [2.45, 2.75) is 77.9 Å². The molecule has 0 spiro atoms. The third-order valence-electron chi connectivity index (χ3n) is 4.20. The molecule has 2 unspecified atom stereocenters. The van der Waals surface area contributed by atoms with E-state index < -0.39 is 18.0 Å². The highest BCUT2D eigenvalue weighted by Crippen LogP contribution is 2.22. The maximum atomic E-state index is 12.2. The summed E-state index contributed by atoms with van der Waals surface area (Å²) in [6, 6.07) is 0. The van der Waals surface area contributed by atoms with Crippen molar-refractivity contribution in [3.05, 3.63) is 0 Å². The van der Waals surface area contributed by atoms with Gasteiger partial charge in [0.1, 0.15) is 6.10 Å². The number of nitrogens with one attached hydrogen (secondary N) is 1. The lowest BCUT2D eigenvalue weighted by Gasteiger charge is -2.27. The molecule has 0 saturated heterocycles. The third-order valence-corrected chi connectivity index (χ3v) is 4.20. The molecule has 0 aliphatic heterocycles. The van der Waals surface area contributed by atoms with E-state index in [1.54, 1.807) is 0 Å². The third kappa shape index (κ3) is 6.77. The average molecular weight is 313 g/mol. The summed E-state index contributed by atoms with van der Waals surface area (Å²) in [5, 5.41) is 12.0. The van der Waals surface area contributed by atoms with Gasteiger partial charge in [0.25, 0.3) is 0 Å². The van der Waals surface area contributed by atoms with Crippen molar-refractivity contribution in [2.75, 3.05) is 6.54 Å². The van der Waals surface area contributed by atoms with Gasteiger partial charge in [-0.2, -0.15) is 0 Å². The number of hydrogen-bond acceptors (Lipinski definition) is 3. The summed E-state index contributed by atoms with van der Waals surface area (Å²) in [5.41, 5.74) is 0. The molecule has 5 nitrogen and oxygen atoms in total. The van der Waals surface area contributed by atoms with E-state index in [1.807, 2.05) is 20.8 Å². The van der Waals surface area contributed by atoms with Crippen molar-refractivity contribution in [1.82, 2.24) is 5.32 Å². The van der Waals surface area contributed by atoms with Gasteiger partial charge in [0, 0.05) is 6.54 Å². The Morgan fingerprint density at radius 1 is 1.23 bits per heavy atom. The van der Waals surface area contributed by atoms with E-state index in [-0.39, 0.29) is 18.6 Å². The monoisotopic (exact) mass is 313 g/mol. The number of carboxylic acid groups (broad SMARTS) is 1. The minimum atomic E-state index is -0.852. The Bertz CT molecular complexity index is 351. The van der Waals surface area contributed by atoms with E-state index in [9.17, 15) is 14.7 Å². The molecular formula is C17H31NO4. The van der Waals surface area contributed by atoms with Gasteiger partial charge in [0.15, 0.2) is 0 Å². The van der Waals surface area contributed by atoms with Gasteiger partial charge in [-0.25, -0.2) is 0 Å². The first-order valence-electron chi connectivity index (χ1n) is 8.60. The lowest BCUT2D eigenvalue weighted by molar-refractivity contribution is -0.143.